The van der Waals surface area contributed by atoms with Gasteiger partial charge in [-0.1, -0.05) is 121 Å². The number of fused-ring (bicyclic) bond motifs is 7. The van der Waals surface area contributed by atoms with E-state index in [4.69, 9.17) is 4.98 Å². The molecule has 3 heterocycles. The molecule has 5 aromatic carbocycles. The Morgan fingerprint density at radius 1 is 0.696 bits per heavy atom. The quantitative estimate of drug-likeness (QED) is 0.212. The van der Waals surface area contributed by atoms with Crippen molar-refractivity contribution >= 4 is 70.2 Å². The maximum atomic E-state index is 5.20. The first-order valence-electron chi connectivity index (χ1n) is 16.6. The van der Waals surface area contributed by atoms with Gasteiger partial charge in [-0.2, -0.15) is 0 Å². The molecule has 0 fully saturated rings. The summed E-state index contributed by atoms with van der Waals surface area (Å²) >= 11 is 1.83. The van der Waals surface area contributed by atoms with Gasteiger partial charge in [0, 0.05) is 37.5 Å². The second-order valence-corrected chi connectivity index (χ2v) is 15.5. The van der Waals surface area contributed by atoms with Crippen LogP contribution in [-0.4, -0.2) is 4.98 Å². The summed E-state index contributed by atoms with van der Waals surface area (Å²) < 4.78 is 1.30. The van der Waals surface area contributed by atoms with Crippen molar-refractivity contribution in [3.63, 3.8) is 0 Å². The molecule has 1 aliphatic rings. The van der Waals surface area contributed by atoms with Crippen molar-refractivity contribution in [2.45, 2.75) is 71.9 Å². The topological polar surface area (TPSA) is 28.2 Å². The average molecular weight is 620 g/mol. The van der Waals surface area contributed by atoms with E-state index in [1.807, 2.05) is 11.3 Å². The molecule has 0 amide bonds. The highest BCUT2D eigenvalue weighted by Gasteiger charge is 2.37. The van der Waals surface area contributed by atoms with Crippen LogP contribution in [0.15, 0.2) is 97.1 Å². The van der Waals surface area contributed by atoms with Gasteiger partial charge < -0.3 is 10.2 Å². The van der Waals surface area contributed by atoms with Gasteiger partial charge in [0.1, 0.15) is 11.0 Å². The zero-order valence-electron chi connectivity index (χ0n) is 27.8. The molecule has 0 radical (unpaired) electrons. The van der Waals surface area contributed by atoms with E-state index in [-0.39, 0.29) is 11.6 Å². The Hall–Kier alpha value is -4.41. The van der Waals surface area contributed by atoms with Crippen LogP contribution in [0.1, 0.15) is 88.9 Å². The second-order valence-electron chi connectivity index (χ2n) is 14.5. The summed E-state index contributed by atoms with van der Waals surface area (Å²) in [6, 6.07) is 36.1. The van der Waals surface area contributed by atoms with E-state index in [2.05, 4.69) is 156 Å². The third kappa shape index (κ3) is 4.41. The molecule has 1 N–H and O–H groups in total. The summed E-state index contributed by atoms with van der Waals surface area (Å²) in [5.41, 5.74) is 8.98. The maximum Gasteiger partial charge on any atom is 0.132 e. The lowest BCUT2D eigenvalue weighted by Crippen LogP contribution is -2.26. The van der Waals surface area contributed by atoms with Gasteiger partial charge in [-0.15, -0.1) is 11.3 Å². The van der Waals surface area contributed by atoms with E-state index >= 15 is 0 Å². The van der Waals surface area contributed by atoms with E-state index < -0.39 is 0 Å². The Morgan fingerprint density at radius 3 is 2.15 bits per heavy atom. The molecule has 8 rings (SSSR count). The van der Waals surface area contributed by atoms with Crippen LogP contribution in [0.3, 0.4) is 0 Å². The zero-order valence-corrected chi connectivity index (χ0v) is 28.6. The molecule has 1 unspecified atom stereocenters. The van der Waals surface area contributed by atoms with Crippen molar-refractivity contribution in [1.29, 1.82) is 0 Å². The van der Waals surface area contributed by atoms with Gasteiger partial charge in [0.05, 0.1) is 17.1 Å². The Bertz CT molecular complexity index is 2300. The number of nitrogens with one attached hydrogen (secondary N) is 1. The molecule has 0 saturated carbocycles. The Morgan fingerprint density at radius 2 is 1.41 bits per heavy atom. The number of thiophene rings is 1. The number of pyridine rings is 1. The first kappa shape index (κ1) is 29.0. The molecule has 46 heavy (non-hydrogen) atoms. The minimum absolute atomic E-state index is 0.00369. The van der Waals surface area contributed by atoms with E-state index in [0.717, 1.165) is 10.5 Å². The molecule has 0 bridgehead atoms. The molecular weight excluding hydrogens is 579 g/mol. The summed E-state index contributed by atoms with van der Waals surface area (Å²) in [6.45, 7) is 16.1. The lowest BCUT2D eigenvalue weighted by atomic mass is 9.86. The van der Waals surface area contributed by atoms with Gasteiger partial charge in [0.15, 0.2) is 0 Å². The molecule has 2 aromatic heterocycles. The maximum absolute atomic E-state index is 5.20. The Kier molecular flexibility index (Phi) is 6.67. The SMILES string of the molecule is CC(C)c1cc2ccccc2c(C(C)C)c1N1c2c(ccc3ccccc23)NC1c1cccc2c1sc1nc(C(C)(C)C)ccc12. The van der Waals surface area contributed by atoms with Gasteiger partial charge in [-0.05, 0) is 63.4 Å². The molecule has 1 aliphatic heterocycles. The lowest BCUT2D eigenvalue weighted by Gasteiger charge is -2.34. The number of hydrogen-bond acceptors (Lipinski definition) is 4. The Balaban J connectivity index is 1.46. The smallest absolute Gasteiger partial charge is 0.132 e. The largest absolute Gasteiger partial charge is 0.359 e. The van der Waals surface area contributed by atoms with E-state index in [0.29, 0.717) is 11.8 Å². The van der Waals surface area contributed by atoms with Crippen LogP contribution in [0.25, 0.3) is 41.8 Å². The molecule has 0 aliphatic carbocycles. The van der Waals surface area contributed by atoms with Crippen molar-refractivity contribution < 1.29 is 0 Å². The van der Waals surface area contributed by atoms with Crippen LogP contribution >= 0.6 is 11.3 Å². The first-order valence-corrected chi connectivity index (χ1v) is 17.4. The summed E-state index contributed by atoms with van der Waals surface area (Å²) in [7, 11) is 0. The first-order chi connectivity index (χ1) is 22.1. The van der Waals surface area contributed by atoms with Crippen LogP contribution in [0, 0.1) is 0 Å². The third-order valence-electron chi connectivity index (χ3n) is 9.68. The normalized spacial score (nSPS) is 15.2. The number of benzene rings is 5. The molecule has 4 heteroatoms. The fourth-order valence-electron chi connectivity index (χ4n) is 7.44. The molecule has 230 valence electrons. The number of anilines is 3. The van der Waals surface area contributed by atoms with Crippen LogP contribution in [0.5, 0.6) is 0 Å². The number of rotatable bonds is 4. The molecule has 0 spiro atoms. The van der Waals surface area contributed by atoms with Crippen molar-refractivity contribution in [3.05, 3.63) is 119 Å². The van der Waals surface area contributed by atoms with Gasteiger partial charge >= 0.3 is 0 Å². The summed E-state index contributed by atoms with van der Waals surface area (Å²) in [5.74, 6) is 0.676. The summed E-state index contributed by atoms with van der Waals surface area (Å²) in [4.78, 5) is 8.97. The van der Waals surface area contributed by atoms with E-state index in [1.165, 1.54) is 70.8 Å². The predicted octanol–water partition coefficient (Wildman–Crippen LogP) is 12.6. The highest BCUT2D eigenvalue weighted by molar-refractivity contribution is 7.25. The van der Waals surface area contributed by atoms with Crippen LogP contribution in [0.4, 0.5) is 17.1 Å². The van der Waals surface area contributed by atoms with Crippen LogP contribution in [0.2, 0.25) is 0 Å². The standard InChI is InChI=1S/C42H41N3S/c1-24(2)33-23-27-14-9-10-15-28(27)36(25(3)4)38(33)45-37-29-16-11-8-13-26(29)19-21-34(37)43-40(45)32-18-12-17-30-31-20-22-35(42(5,6)7)44-41(31)46-39(30)32/h8-25,40,43H,1-7H3. The van der Waals surface area contributed by atoms with E-state index in [1.54, 1.807) is 0 Å². The minimum atomic E-state index is -0.0872. The number of nitrogens with zero attached hydrogens (tertiary/aromatic N) is 2. The van der Waals surface area contributed by atoms with Crippen LogP contribution in [-0.2, 0) is 5.41 Å². The number of aromatic nitrogens is 1. The molecular formula is C42H41N3S. The van der Waals surface area contributed by atoms with Crippen molar-refractivity contribution in [2.24, 2.45) is 0 Å². The minimum Gasteiger partial charge on any atom is -0.359 e. The predicted molar refractivity (Wildman–Crippen MR) is 200 cm³/mol. The molecule has 1 atom stereocenters. The van der Waals surface area contributed by atoms with E-state index in [9.17, 15) is 0 Å². The van der Waals surface area contributed by atoms with Gasteiger partial charge in [-0.25, -0.2) is 4.98 Å². The van der Waals surface area contributed by atoms with Gasteiger partial charge in [0.2, 0.25) is 0 Å². The highest BCUT2D eigenvalue weighted by Crippen LogP contribution is 2.55. The number of hydrogen-bond donors (Lipinski definition) is 1. The third-order valence-corrected chi connectivity index (χ3v) is 10.8. The van der Waals surface area contributed by atoms with Crippen molar-refractivity contribution in [2.75, 3.05) is 10.2 Å². The fourth-order valence-corrected chi connectivity index (χ4v) is 8.65. The van der Waals surface area contributed by atoms with Crippen LogP contribution < -0.4 is 10.2 Å². The summed E-state index contributed by atoms with van der Waals surface area (Å²) in [6.07, 6.45) is -0.0872. The summed E-state index contributed by atoms with van der Waals surface area (Å²) in [5, 5.41) is 11.7. The van der Waals surface area contributed by atoms with Gasteiger partial charge in [0.25, 0.3) is 0 Å². The zero-order chi connectivity index (χ0) is 31.9. The lowest BCUT2D eigenvalue weighted by molar-refractivity contribution is 0.572. The van der Waals surface area contributed by atoms with Crippen molar-refractivity contribution in [1.82, 2.24) is 4.98 Å². The average Bonchev–Trinajstić information content (AvgIpc) is 3.61. The second kappa shape index (κ2) is 10.6. The molecule has 7 aromatic rings. The van der Waals surface area contributed by atoms with Gasteiger partial charge in [-0.3, -0.25) is 0 Å². The van der Waals surface area contributed by atoms with Crippen molar-refractivity contribution in [3.8, 4) is 0 Å². The molecule has 0 saturated heterocycles. The fraction of sp³-hybridized carbons (Fsp3) is 0.262. The monoisotopic (exact) mass is 619 g/mol. The highest BCUT2D eigenvalue weighted by atomic mass is 32.1. The molecule has 3 nitrogen and oxygen atoms in total. The Labute approximate surface area is 275 Å².